The van der Waals surface area contributed by atoms with E-state index in [-0.39, 0.29) is 25.1 Å². The van der Waals surface area contributed by atoms with E-state index >= 15 is 0 Å². The smallest absolute Gasteiger partial charge is 0.231 e. The number of rotatable bonds is 9. The summed E-state index contributed by atoms with van der Waals surface area (Å²) in [5.41, 5.74) is 2.90. The molecule has 1 aliphatic heterocycles. The molecule has 0 radical (unpaired) electrons. The van der Waals surface area contributed by atoms with Gasteiger partial charge >= 0.3 is 0 Å². The number of benzene rings is 3. The Morgan fingerprint density at radius 3 is 2.69 bits per heavy atom. The Balaban J connectivity index is 1.25. The zero-order valence-electron chi connectivity index (χ0n) is 19.1. The Labute approximate surface area is 207 Å². The summed E-state index contributed by atoms with van der Waals surface area (Å²) in [5, 5.41) is 12.3. The molecular formula is C26H24N4O4S. The number of hydrogen-bond acceptors (Lipinski definition) is 7. The van der Waals surface area contributed by atoms with Gasteiger partial charge in [0.25, 0.3) is 0 Å². The number of amides is 1. The van der Waals surface area contributed by atoms with E-state index in [1.807, 2.05) is 84.3 Å². The molecular weight excluding hydrogens is 464 g/mol. The molecule has 0 atom stereocenters. The quantitative estimate of drug-likeness (QED) is 0.352. The Morgan fingerprint density at radius 1 is 1.03 bits per heavy atom. The lowest BCUT2D eigenvalue weighted by molar-refractivity contribution is -0.118. The molecule has 1 N–H and O–H groups in total. The molecule has 9 heteroatoms. The van der Waals surface area contributed by atoms with Crippen molar-refractivity contribution in [2.75, 3.05) is 12.5 Å². The Bertz CT molecular complexity index is 1330. The number of para-hydroxylation sites is 2. The lowest BCUT2D eigenvalue weighted by Crippen LogP contribution is -2.24. The molecule has 8 nitrogen and oxygen atoms in total. The first-order valence-corrected chi connectivity index (χ1v) is 12.1. The minimum Gasteiger partial charge on any atom is -0.485 e. The van der Waals surface area contributed by atoms with Crippen molar-refractivity contribution in [3.05, 3.63) is 89.7 Å². The molecule has 1 aromatic heterocycles. The molecule has 0 saturated heterocycles. The molecule has 2 heterocycles. The predicted molar refractivity (Wildman–Crippen MR) is 132 cm³/mol. The molecule has 178 valence electrons. The normalized spacial score (nSPS) is 11.9. The highest BCUT2D eigenvalue weighted by atomic mass is 32.2. The van der Waals surface area contributed by atoms with Gasteiger partial charge < -0.3 is 19.5 Å². The highest BCUT2D eigenvalue weighted by molar-refractivity contribution is 7.99. The summed E-state index contributed by atoms with van der Waals surface area (Å²) in [4.78, 5) is 12.6. The van der Waals surface area contributed by atoms with Crippen molar-refractivity contribution in [1.29, 1.82) is 0 Å². The topological polar surface area (TPSA) is 87.5 Å². The van der Waals surface area contributed by atoms with Crippen LogP contribution in [0, 0.1) is 6.92 Å². The zero-order valence-corrected chi connectivity index (χ0v) is 20.0. The average molecular weight is 489 g/mol. The van der Waals surface area contributed by atoms with Crippen molar-refractivity contribution in [3.63, 3.8) is 0 Å². The number of aryl methyl sites for hydroxylation is 1. The van der Waals surface area contributed by atoms with Crippen LogP contribution in [0.1, 0.15) is 17.0 Å². The maximum absolute atomic E-state index is 12.6. The molecule has 0 fully saturated rings. The highest BCUT2D eigenvalue weighted by Gasteiger charge is 2.17. The van der Waals surface area contributed by atoms with E-state index in [0.717, 1.165) is 28.3 Å². The average Bonchev–Trinajstić information content (AvgIpc) is 3.52. The summed E-state index contributed by atoms with van der Waals surface area (Å²) >= 11 is 1.33. The number of fused-ring (bicyclic) bond motifs is 1. The first kappa shape index (κ1) is 22.8. The molecule has 1 amide bonds. The van der Waals surface area contributed by atoms with Crippen LogP contribution in [0.5, 0.6) is 17.2 Å². The molecule has 5 rings (SSSR count). The third-order valence-corrected chi connectivity index (χ3v) is 6.35. The zero-order chi connectivity index (χ0) is 24.0. The summed E-state index contributed by atoms with van der Waals surface area (Å²) in [5.74, 6) is 2.97. The van der Waals surface area contributed by atoms with E-state index in [1.165, 1.54) is 11.8 Å². The van der Waals surface area contributed by atoms with Gasteiger partial charge in [0.05, 0.1) is 5.75 Å². The fraction of sp³-hybridized carbons (Fsp3) is 0.192. The third-order valence-electron chi connectivity index (χ3n) is 5.42. The van der Waals surface area contributed by atoms with Gasteiger partial charge in [-0.25, -0.2) is 0 Å². The molecule has 1 aliphatic rings. The van der Waals surface area contributed by atoms with E-state index < -0.39 is 0 Å². The van der Waals surface area contributed by atoms with Gasteiger partial charge in [-0.3, -0.25) is 9.36 Å². The second-order valence-corrected chi connectivity index (χ2v) is 8.82. The van der Waals surface area contributed by atoms with E-state index in [2.05, 4.69) is 15.5 Å². The van der Waals surface area contributed by atoms with Crippen LogP contribution in [-0.4, -0.2) is 33.2 Å². The maximum atomic E-state index is 12.6. The lowest BCUT2D eigenvalue weighted by Gasteiger charge is -2.12. The number of aromatic nitrogens is 3. The predicted octanol–water partition coefficient (Wildman–Crippen LogP) is 4.29. The van der Waals surface area contributed by atoms with Gasteiger partial charge in [-0.2, -0.15) is 0 Å². The van der Waals surface area contributed by atoms with Gasteiger partial charge in [0.1, 0.15) is 12.4 Å². The molecule has 0 bridgehead atoms. The highest BCUT2D eigenvalue weighted by Crippen LogP contribution is 2.32. The number of carbonyl (C=O) groups is 1. The number of nitrogens with zero attached hydrogens (tertiary/aromatic N) is 3. The standard InChI is InChI=1S/C26H24N4O4S/c1-18-7-5-6-10-21(18)32-15-24-28-29-26(30(24)20-8-3-2-4-9-20)35-16-25(31)27-14-19-11-12-22-23(13-19)34-17-33-22/h2-13H,14-17H2,1H3,(H,27,31). The van der Waals surface area contributed by atoms with Crippen molar-refractivity contribution in [1.82, 2.24) is 20.1 Å². The van der Waals surface area contributed by atoms with Crippen LogP contribution < -0.4 is 19.5 Å². The van der Waals surface area contributed by atoms with E-state index in [0.29, 0.717) is 23.3 Å². The molecule has 0 saturated carbocycles. The fourth-order valence-electron chi connectivity index (χ4n) is 3.62. The molecule has 0 aliphatic carbocycles. The van der Waals surface area contributed by atoms with Crippen LogP contribution in [-0.2, 0) is 17.9 Å². The molecule has 4 aromatic rings. The first-order chi connectivity index (χ1) is 17.2. The summed E-state index contributed by atoms with van der Waals surface area (Å²) in [7, 11) is 0. The maximum Gasteiger partial charge on any atom is 0.231 e. The Morgan fingerprint density at radius 2 is 1.83 bits per heavy atom. The van der Waals surface area contributed by atoms with E-state index in [9.17, 15) is 4.79 Å². The van der Waals surface area contributed by atoms with Crippen LogP contribution in [0.4, 0.5) is 0 Å². The number of thioether (sulfide) groups is 1. The van der Waals surface area contributed by atoms with Crippen molar-refractivity contribution in [2.24, 2.45) is 0 Å². The van der Waals surface area contributed by atoms with Gasteiger partial charge in [-0.15, -0.1) is 10.2 Å². The van der Waals surface area contributed by atoms with E-state index in [1.54, 1.807) is 0 Å². The van der Waals surface area contributed by atoms with Crippen molar-refractivity contribution < 1.29 is 19.0 Å². The van der Waals surface area contributed by atoms with Crippen molar-refractivity contribution in [3.8, 4) is 22.9 Å². The SMILES string of the molecule is Cc1ccccc1OCc1nnc(SCC(=O)NCc2ccc3c(c2)OCO3)n1-c1ccccc1. The number of hydrogen-bond donors (Lipinski definition) is 1. The van der Waals surface area contributed by atoms with Crippen LogP contribution in [0.15, 0.2) is 78.0 Å². The second kappa shape index (κ2) is 10.5. The monoisotopic (exact) mass is 488 g/mol. The van der Waals surface area contributed by atoms with Gasteiger partial charge in [-0.1, -0.05) is 54.2 Å². The minimum atomic E-state index is -0.104. The summed E-state index contributed by atoms with van der Waals surface area (Å²) in [6, 6.07) is 23.3. The molecule has 3 aromatic carbocycles. The molecule has 0 spiro atoms. The molecule has 35 heavy (non-hydrogen) atoms. The number of ether oxygens (including phenoxy) is 3. The van der Waals surface area contributed by atoms with Gasteiger partial charge in [-0.05, 0) is 48.4 Å². The minimum absolute atomic E-state index is 0.104. The van der Waals surface area contributed by atoms with Crippen LogP contribution >= 0.6 is 11.8 Å². The lowest BCUT2D eigenvalue weighted by atomic mass is 10.2. The fourth-order valence-corrected chi connectivity index (χ4v) is 4.42. The van der Waals surface area contributed by atoms with Crippen LogP contribution in [0.3, 0.4) is 0 Å². The molecule has 0 unspecified atom stereocenters. The van der Waals surface area contributed by atoms with E-state index in [4.69, 9.17) is 14.2 Å². The first-order valence-electron chi connectivity index (χ1n) is 11.1. The number of nitrogens with one attached hydrogen (secondary N) is 1. The van der Waals surface area contributed by atoms with Gasteiger partial charge in [0, 0.05) is 12.2 Å². The van der Waals surface area contributed by atoms with Crippen LogP contribution in [0.2, 0.25) is 0 Å². The summed E-state index contributed by atoms with van der Waals surface area (Å²) in [6.07, 6.45) is 0. The van der Waals surface area contributed by atoms with Gasteiger partial charge in [0.2, 0.25) is 12.7 Å². The summed E-state index contributed by atoms with van der Waals surface area (Å²) in [6.45, 7) is 2.88. The Hall–Kier alpha value is -3.98. The number of carbonyl (C=O) groups excluding carboxylic acids is 1. The second-order valence-electron chi connectivity index (χ2n) is 7.88. The summed E-state index contributed by atoms with van der Waals surface area (Å²) < 4.78 is 18.7. The third kappa shape index (κ3) is 5.41. The largest absolute Gasteiger partial charge is 0.485 e. The van der Waals surface area contributed by atoms with Crippen molar-refractivity contribution in [2.45, 2.75) is 25.2 Å². The van der Waals surface area contributed by atoms with Crippen molar-refractivity contribution >= 4 is 17.7 Å². The van der Waals surface area contributed by atoms with Gasteiger partial charge in [0.15, 0.2) is 22.5 Å². The Kier molecular flexibility index (Phi) is 6.85. The van der Waals surface area contributed by atoms with Crippen LogP contribution in [0.25, 0.3) is 5.69 Å².